The highest BCUT2D eigenvalue weighted by Gasteiger charge is 2.12. The lowest BCUT2D eigenvalue weighted by atomic mass is 10.1. The first-order valence-corrected chi connectivity index (χ1v) is 6.53. The lowest BCUT2D eigenvalue weighted by molar-refractivity contribution is 1.02. The number of hydrogen-bond donors (Lipinski definition) is 1. The van der Waals surface area contributed by atoms with Crippen molar-refractivity contribution in [3.05, 3.63) is 51.1 Å². The molecular formula is C14H12N2OS. The highest BCUT2D eigenvalue weighted by molar-refractivity contribution is 7.15. The number of thiophene rings is 1. The van der Waals surface area contributed by atoms with Crippen LogP contribution in [0.5, 0.6) is 0 Å². The zero-order chi connectivity index (χ0) is 12.7. The summed E-state index contributed by atoms with van der Waals surface area (Å²) in [5.74, 6) is 0. The van der Waals surface area contributed by atoms with E-state index in [2.05, 4.69) is 30.1 Å². The number of hydrogen-bond acceptors (Lipinski definition) is 3. The normalized spacial score (nSPS) is 11.0. The zero-order valence-electron chi connectivity index (χ0n) is 10.2. The number of nitrogens with zero attached hydrogens (tertiary/aromatic N) is 1. The van der Waals surface area contributed by atoms with E-state index in [1.54, 1.807) is 11.3 Å². The second kappa shape index (κ2) is 4.07. The van der Waals surface area contributed by atoms with Crippen LogP contribution in [0.25, 0.3) is 21.3 Å². The molecule has 4 heteroatoms. The monoisotopic (exact) mass is 256 g/mol. The SMILES string of the molecule is Cc1cc(C)c(-c2n[nH]c(=O)c3ccccc23)s1. The van der Waals surface area contributed by atoms with Gasteiger partial charge in [-0.05, 0) is 31.5 Å². The number of nitrogens with one attached hydrogen (secondary N) is 1. The minimum atomic E-state index is -0.139. The molecule has 0 radical (unpaired) electrons. The smallest absolute Gasteiger partial charge is 0.267 e. The van der Waals surface area contributed by atoms with Gasteiger partial charge in [0, 0.05) is 10.3 Å². The van der Waals surface area contributed by atoms with Gasteiger partial charge in [-0.2, -0.15) is 5.10 Å². The molecule has 0 aliphatic heterocycles. The summed E-state index contributed by atoms with van der Waals surface area (Å²) in [6.45, 7) is 4.15. The van der Waals surface area contributed by atoms with Gasteiger partial charge in [0.15, 0.2) is 0 Å². The number of H-pyrrole nitrogens is 1. The quantitative estimate of drug-likeness (QED) is 0.726. The van der Waals surface area contributed by atoms with E-state index in [1.165, 1.54) is 10.4 Å². The van der Waals surface area contributed by atoms with E-state index < -0.39 is 0 Å². The lowest BCUT2D eigenvalue weighted by Gasteiger charge is -2.03. The molecule has 3 rings (SSSR count). The summed E-state index contributed by atoms with van der Waals surface area (Å²) >= 11 is 1.70. The molecule has 2 aromatic heterocycles. The Hall–Kier alpha value is -1.94. The van der Waals surface area contributed by atoms with Gasteiger partial charge in [-0.15, -0.1) is 11.3 Å². The van der Waals surface area contributed by atoms with Crippen molar-refractivity contribution in [2.75, 3.05) is 0 Å². The van der Waals surface area contributed by atoms with Crippen LogP contribution in [0.3, 0.4) is 0 Å². The van der Waals surface area contributed by atoms with Gasteiger partial charge in [0.25, 0.3) is 5.56 Å². The molecule has 0 aliphatic carbocycles. The first-order chi connectivity index (χ1) is 8.66. The Morgan fingerprint density at radius 1 is 1.17 bits per heavy atom. The molecule has 0 bridgehead atoms. The molecule has 1 aromatic carbocycles. The standard InChI is InChI=1S/C14H12N2OS/c1-8-7-9(2)18-13(8)12-10-5-3-4-6-11(10)14(17)16-15-12/h3-7H,1-2H3,(H,16,17). The fourth-order valence-electron chi connectivity index (χ4n) is 2.16. The first-order valence-electron chi connectivity index (χ1n) is 5.71. The van der Waals surface area contributed by atoms with Crippen molar-refractivity contribution < 1.29 is 0 Å². The van der Waals surface area contributed by atoms with E-state index in [0.717, 1.165) is 16.0 Å². The molecule has 0 aliphatic rings. The minimum Gasteiger partial charge on any atom is -0.267 e. The van der Waals surface area contributed by atoms with E-state index in [9.17, 15) is 4.79 Å². The molecule has 0 saturated heterocycles. The maximum atomic E-state index is 11.7. The second-order valence-electron chi connectivity index (χ2n) is 4.32. The summed E-state index contributed by atoms with van der Waals surface area (Å²) in [6, 6.07) is 9.72. The van der Waals surface area contributed by atoms with Crippen molar-refractivity contribution in [3.63, 3.8) is 0 Å². The van der Waals surface area contributed by atoms with Crippen molar-refractivity contribution in [2.45, 2.75) is 13.8 Å². The third kappa shape index (κ3) is 1.66. The highest BCUT2D eigenvalue weighted by Crippen LogP contribution is 2.33. The van der Waals surface area contributed by atoms with Crippen LogP contribution in [-0.2, 0) is 0 Å². The van der Waals surface area contributed by atoms with Crippen LogP contribution in [0.2, 0.25) is 0 Å². The van der Waals surface area contributed by atoms with Crippen LogP contribution in [0.15, 0.2) is 35.1 Å². The molecule has 90 valence electrons. The molecule has 0 amide bonds. The predicted molar refractivity (Wildman–Crippen MR) is 75.2 cm³/mol. The molecule has 1 N–H and O–H groups in total. The molecule has 2 heterocycles. The van der Waals surface area contributed by atoms with E-state index in [0.29, 0.717) is 5.39 Å². The molecule has 3 nitrogen and oxygen atoms in total. The molecule has 0 saturated carbocycles. The molecule has 0 atom stereocenters. The summed E-state index contributed by atoms with van der Waals surface area (Å²) in [5, 5.41) is 8.40. The second-order valence-corrected chi connectivity index (χ2v) is 5.57. The molecule has 0 fully saturated rings. The van der Waals surface area contributed by atoms with E-state index in [4.69, 9.17) is 0 Å². The van der Waals surface area contributed by atoms with Gasteiger partial charge in [0.1, 0.15) is 5.69 Å². The molecule has 18 heavy (non-hydrogen) atoms. The lowest BCUT2D eigenvalue weighted by Crippen LogP contribution is -2.09. The average Bonchev–Trinajstić information content (AvgIpc) is 2.69. The van der Waals surface area contributed by atoms with Gasteiger partial charge in [0.05, 0.1) is 10.3 Å². The Morgan fingerprint density at radius 2 is 1.89 bits per heavy atom. The molecule has 0 unspecified atom stereocenters. The molecular weight excluding hydrogens is 244 g/mol. The van der Waals surface area contributed by atoms with Gasteiger partial charge >= 0.3 is 0 Å². The number of aryl methyl sites for hydroxylation is 2. The van der Waals surface area contributed by atoms with Gasteiger partial charge in [-0.3, -0.25) is 4.79 Å². The molecule has 3 aromatic rings. The van der Waals surface area contributed by atoms with Crippen molar-refractivity contribution >= 4 is 22.1 Å². The first kappa shape index (κ1) is 11.2. The number of aromatic nitrogens is 2. The summed E-state index contributed by atoms with van der Waals surface area (Å²) in [5.41, 5.74) is 1.92. The van der Waals surface area contributed by atoms with Crippen molar-refractivity contribution in [2.24, 2.45) is 0 Å². The van der Waals surface area contributed by atoms with Crippen LogP contribution >= 0.6 is 11.3 Å². The predicted octanol–water partition coefficient (Wildman–Crippen LogP) is 3.27. The Bertz CT molecular complexity index is 786. The number of rotatable bonds is 1. The van der Waals surface area contributed by atoms with E-state index in [-0.39, 0.29) is 5.56 Å². The number of aromatic amines is 1. The zero-order valence-corrected chi connectivity index (χ0v) is 11.0. The van der Waals surface area contributed by atoms with Crippen molar-refractivity contribution in [1.82, 2.24) is 10.2 Å². The maximum absolute atomic E-state index is 11.7. The Morgan fingerprint density at radius 3 is 2.56 bits per heavy atom. The number of fused-ring (bicyclic) bond motifs is 1. The van der Waals surface area contributed by atoms with Crippen molar-refractivity contribution in [1.29, 1.82) is 0 Å². The Kier molecular flexibility index (Phi) is 2.52. The number of benzene rings is 1. The third-order valence-corrected chi connectivity index (χ3v) is 4.11. The van der Waals surface area contributed by atoms with E-state index in [1.807, 2.05) is 24.3 Å². The fraction of sp³-hybridized carbons (Fsp3) is 0.143. The fourth-order valence-corrected chi connectivity index (χ4v) is 3.19. The van der Waals surface area contributed by atoms with Gasteiger partial charge < -0.3 is 0 Å². The summed E-state index contributed by atoms with van der Waals surface area (Å²) in [4.78, 5) is 14.1. The maximum Gasteiger partial charge on any atom is 0.272 e. The summed E-state index contributed by atoms with van der Waals surface area (Å²) in [7, 11) is 0. The van der Waals surface area contributed by atoms with Gasteiger partial charge in [0.2, 0.25) is 0 Å². The van der Waals surface area contributed by atoms with Crippen LogP contribution in [0.1, 0.15) is 10.4 Å². The van der Waals surface area contributed by atoms with Crippen LogP contribution in [-0.4, -0.2) is 10.2 Å². The average molecular weight is 256 g/mol. The largest absolute Gasteiger partial charge is 0.272 e. The van der Waals surface area contributed by atoms with Gasteiger partial charge in [-0.25, -0.2) is 5.10 Å². The Balaban J connectivity index is 2.40. The van der Waals surface area contributed by atoms with Crippen LogP contribution in [0, 0.1) is 13.8 Å². The highest BCUT2D eigenvalue weighted by atomic mass is 32.1. The minimum absolute atomic E-state index is 0.139. The topological polar surface area (TPSA) is 45.8 Å². The Labute approximate surface area is 108 Å². The van der Waals surface area contributed by atoms with Crippen LogP contribution in [0.4, 0.5) is 0 Å². The summed E-state index contributed by atoms with van der Waals surface area (Å²) in [6.07, 6.45) is 0. The summed E-state index contributed by atoms with van der Waals surface area (Å²) < 4.78 is 0. The van der Waals surface area contributed by atoms with Crippen molar-refractivity contribution in [3.8, 4) is 10.6 Å². The van der Waals surface area contributed by atoms with Crippen LogP contribution < -0.4 is 5.56 Å². The van der Waals surface area contributed by atoms with E-state index >= 15 is 0 Å². The molecule has 0 spiro atoms. The third-order valence-electron chi connectivity index (χ3n) is 2.95. The van der Waals surface area contributed by atoms with Gasteiger partial charge in [-0.1, -0.05) is 18.2 Å².